The van der Waals surface area contributed by atoms with Crippen molar-refractivity contribution in [1.82, 2.24) is 0 Å². The van der Waals surface area contributed by atoms with E-state index in [1.54, 1.807) is 0 Å². The summed E-state index contributed by atoms with van der Waals surface area (Å²) in [4.78, 5) is 0. The Kier molecular flexibility index (Phi) is 4.66. The van der Waals surface area contributed by atoms with Crippen molar-refractivity contribution in [2.24, 2.45) is 0 Å². The van der Waals surface area contributed by atoms with Crippen molar-refractivity contribution in [2.45, 2.75) is 5.92 Å². The lowest BCUT2D eigenvalue weighted by molar-refractivity contribution is 0.669. The first-order valence-electron chi connectivity index (χ1n) is 18.3. The lowest BCUT2D eigenvalue weighted by atomic mass is 9.82. The van der Waals surface area contributed by atoms with E-state index in [0.717, 1.165) is 66.7 Å². The normalized spacial score (nSPS) is 14.5. The van der Waals surface area contributed by atoms with E-state index in [4.69, 9.17) is 12.6 Å². The Morgan fingerprint density at radius 1 is 0.489 bits per heavy atom. The molecule has 212 valence electrons. The predicted octanol–water partition coefficient (Wildman–Crippen LogP) is 12.5. The van der Waals surface area contributed by atoms with Crippen molar-refractivity contribution >= 4 is 53.4 Å². The van der Waals surface area contributed by atoms with Gasteiger partial charge in [-0.2, -0.15) is 0 Å². The molecule has 0 amide bonds. The van der Waals surface area contributed by atoms with E-state index >= 15 is 0 Å². The summed E-state index contributed by atoms with van der Waals surface area (Å²) in [7, 11) is 0. The van der Waals surface area contributed by atoms with Gasteiger partial charge in [-0.25, -0.2) is 0 Å². The van der Waals surface area contributed by atoms with Crippen LogP contribution in [0.15, 0.2) is 168 Å². The van der Waals surface area contributed by atoms with Gasteiger partial charge in [-0.15, -0.1) is 11.3 Å². The number of furan rings is 1. The van der Waals surface area contributed by atoms with Crippen LogP contribution in [-0.2, 0) is 0 Å². The zero-order valence-corrected chi connectivity index (χ0v) is 24.8. The Balaban J connectivity index is 1.27. The van der Waals surface area contributed by atoms with Gasteiger partial charge in [0.1, 0.15) is 11.2 Å². The van der Waals surface area contributed by atoms with Crippen LogP contribution >= 0.6 is 11.3 Å². The molecule has 0 N–H and O–H groups in total. The third-order valence-electron chi connectivity index (χ3n) is 8.57. The topological polar surface area (TPSA) is 13.1 Å². The van der Waals surface area contributed by atoms with Crippen LogP contribution < -0.4 is 0 Å². The molecular weight excluding hydrogens is 565 g/mol. The zero-order valence-electron chi connectivity index (χ0n) is 30.9. The van der Waals surface area contributed by atoms with E-state index in [0.29, 0.717) is 20.3 Å². The van der Waals surface area contributed by atoms with E-state index in [-0.39, 0.29) is 47.7 Å². The van der Waals surface area contributed by atoms with Crippen molar-refractivity contribution < 1.29 is 14.0 Å². The highest BCUT2D eigenvalue weighted by Gasteiger charge is 2.22. The number of rotatable bonds is 5. The molecule has 9 aromatic rings. The molecule has 0 bridgehead atoms. The maximum Gasteiger partial charge on any atom is 0.135 e. The van der Waals surface area contributed by atoms with Gasteiger partial charge in [0, 0.05) is 36.9 Å². The standard InChI is InChI=1S/C43H28OS/c1-2-9-28(10-3-1)29-17-21-31(22-18-29)42(36-13-8-16-41-43(36)35-12-5-7-15-40(35)45-41)32-23-19-30(20-24-32)33-25-26-39-37(27-33)34-11-4-6-14-38(34)44-39/h1-27,42H/i5D,7D,8D,12D,13D,15D,16D. The van der Waals surface area contributed by atoms with Gasteiger partial charge in [0.25, 0.3) is 0 Å². The maximum atomic E-state index is 9.36. The number of hydrogen-bond acceptors (Lipinski definition) is 2. The van der Waals surface area contributed by atoms with Crippen LogP contribution in [0.1, 0.15) is 32.2 Å². The summed E-state index contributed by atoms with van der Waals surface area (Å²) < 4.78 is 68.4. The fourth-order valence-corrected chi connectivity index (χ4v) is 7.38. The molecule has 7 aromatic carbocycles. The van der Waals surface area contributed by atoms with Gasteiger partial charge in [-0.3, -0.25) is 0 Å². The zero-order chi connectivity index (χ0) is 35.8. The van der Waals surface area contributed by atoms with Crippen LogP contribution in [-0.4, -0.2) is 0 Å². The summed E-state index contributed by atoms with van der Waals surface area (Å²) in [5.41, 5.74) is 7.89. The molecule has 0 aliphatic heterocycles. The van der Waals surface area contributed by atoms with Crippen molar-refractivity contribution in [2.75, 3.05) is 0 Å². The number of para-hydroxylation sites is 1. The molecule has 2 heteroatoms. The first kappa shape index (κ1) is 19.8. The fraction of sp³-hybridized carbons (Fsp3) is 0.0233. The second-order valence-electron chi connectivity index (χ2n) is 11.2. The van der Waals surface area contributed by atoms with Crippen LogP contribution in [0.5, 0.6) is 0 Å². The molecule has 9 rings (SSSR count). The number of fused-ring (bicyclic) bond motifs is 6. The molecule has 0 saturated carbocycles. The fourth-order valence-electron chi connectivity index (χ4n) is 6.40. The number of hydrogen-bond donors (Lipinski definition) is 0. The summed E-state index contributed by atoms with van der Waals surface area (Å²) in [5, 5.41) is 2.79. The minimum atomic E-state index is -0.588. The molecule has 0 aliphatic rings. The van der Waals surface area contributed by atoms with Crippen molar-refractivity contribution in [1.29, 1.82) is 0 Å². The Hall–Kier alpha value is -5.44. The average molecular weight is 600 g/mol. The number of benzene rings is 7. The van der Waals surface area contributed by atoms with E-state index in [9.17, 15) is 1.37 Å². The maximum absolute atomic E-state index is 9.36. The lowest BCUT2D eigenvalue weighted by Gasteiger charge is -2.21. The van der Waals surface area contributed by atoms with Gasteiger partial charge in [0.2, 0.25) is 0 Å². The van der Waals surface area contributed by atoms with Crippen molar-refractivity contribution in [3.05, 3.63) is 180 Å². The van der Waals surface area contributed by atoms with Gasteiger partial charge in [0.15, 0.2) is 0 Å². The first-order chi connectivity index (χ1) is 25.2. The van der Waals surface area contributed by atoms with Crippen LogP contribution in [0.3, 0.4) is 0 Å². The van der Waals surface area contributed by atoms with Gasteiger partial charge < -0.3 is 4.42 Å². The van der Waals surface area contributed by atoms with Gasteiger partial charge in [0.05, 0.1) is 9.60 Å². The molecular formula is C43H28OS. The SMILES string of the molecule is [2H]c1c([2H])c([2H])c2c(sc3c([2H])c([2H])c([2H])c(C(c4ccc(-c5ccccc5)cc4)c4ccc(-c5ccc6oc7ccccc7c6c5)cc4)c32)c1[2H]. The highest BCUT2D eigenvalue weighted by atomic mass is 32.1. The second-order valence-corrected chi connectivity index (χ2v) is 12.2. The minimum absolute atomic E-state index is 0.136. The monoisotopic (exact) mass is 599 g/mol. The number of thiophene rings is 1. The Labute approximate surface area is 275 Å². The molecule has 2 heterocycles. The Morgan fingerprint density at radius 2 is 1.11 bits per heavy atom. The third kappa shape index (κ3) is 4.46. The van der Waals surface area contributed by atoms with Crippen LogP contribution in [0.25, 0.3) is 64.4 Å². The molecule has 0 saturated heterocycles. The minimum Gasteiger partial charge on any atom is -0.456 e. The van der Waals surface area contributed by atoms with Crippen molar-refractivity contribution in [3.63, 3.8) is 0 Å². The lowest BCUT2D eigenvalue weighted by Crippen LogP contribution is -2.04. The smallest absolute Gasteiger partial charge is 0.135 e. The van der Waals surface area contributed by atoms with Crippen LogP contribution in [0, 0.1) is 0 Å². The summed E-state index contributed by atoms with van der Waals surface area (Å²) in [5.74, 6) is -0.588. The largest absolute Gasteiger partial charge is 0.456 e. The Bertz CT molecular complexity index is 2860. The highest BCUT2D eigenvalue weighted by molar-refractivity contribution is 7.25. The third-order valence-corrected chi connectivity index (χ3v) is 9.59. The molecule has 45 heavy (non-hydrogen) atoms. The molecule has 0 radical (unpaired) electrons. The summed E-state index contributed by atoms with van der Waals surface area (Å²) >= 11 is 1.09. The molecule has 0 aliphatic carbocycles. The summed E-state index contributed by atoms with van der Waals surface area (Å²) in [6.07, 6.45) is 0. The summed E-state index contributed by atoms with van der Waals surface area (Å²) in [6.45, 7) is 0. The molecule has 1 unspecified atom stereocenters. The Morgan fingerprint density at radius 3 is 1.91 bits per heavy atom. The summed E-state index contributed by atoms with van der Waals surface area (Å²) in [6, 6.07) is 38.8. The van der Waals surface area contributed by atoms with E-state index in [1.807, 2.05) is 109 Å². The average Bonchev–Trinajstić information content (AvgIpc) is 3.77. The van der Waals surface area contributed by atoms with E-state index in [1.165, 1.54) is 0 Å². The van der Waals surface area contributed by atoms with Gasteiger partial charge in [-0.05, 0) is 69.2 Å². The molecule has 0 spiro atoms. The quantitative estimate of drug-likeness (QED) is 0.179. The second kappa shape index (κ2) is 10.6. The molecule has 0 fully saturated rings. The van der Waals surface area contributed by atoms with Crippen molar-refractivity contribution in [3.8, 4) is 22.3 Å². The molecule has 1 atom stereocenters. The van der Waals surface area contributed by atoms with E-state index < -0.39 is 5.92 Å². The van der Waals surface area contributed by atoms with E-state index in [2.05, 4.69) is 12.1 Å². The highest BCUT2D eigenvalue weighted by Crippen LogP contribution is 2.43. The molecule has 1 nitrogen and oxygen atoms in total. The molecule has 2 aromatic heterocycles. The van der Waals surface area contributed by atoms with Gasteiger partial charge in [-0.1, -0.05) is 133 Å². The van der Waals surface area contributed by atoms with Gasteiger partial charge >= 0.3 is 0 Å². The predicted molar refractivity (Wildman–Crippen MR) is 191 cm³/mol. The first-order valence-corrected chi connectivity index (χ1v) is 15.6. The van der Waals surface area contributed by atoms with Crippen LogP contribution in [0.4, 0.5) is 0 Å². The van der Waals surface area contributed by atoms with Crippen LogP contribution in [0.2, 0.25) is 0 Å².